The average Bonchev–Trinajstić information content (AvgIpc) is 2.90. The highest BCUT2D eigenvalue weighted by Gasteiger charge is 2.24. The smallest absolute Gasteiger partial charge is 0.272 e. The second-order valence-electron chi connectivity index (χ2n) is 5.21. The number of piperidine rings is 1. The molecule has 0 unspecified atom stereocenters. The number of H-pyrrole nitrogens is 1. The molecule has 0 saturated carbocycles. The van der Waals surface area contributed by atoms with Gasteiger partial charge in [0.2, 0.25) is 0 Å². The van der Waals surface area contributed by atoms with Crippen molar-refractivity contribution in [1.29, 1.82) is 0 Å². The summed E-state index contributed by atoms with van der Waals surface area (Å²) in [4.78, 5) is 21.1. The van der Waals surface area contributed by atoms with E-state index >= 15 is 0 Å². The molecule has 5 nitrogen and oxygen atoms in total. The lowest BCUT2D eigenvalue weighted by atomic mass is 9.97. The Morgan fingerprint density at radius 2 is 2.22 bits per heavy atom. The average molecular weight is 250 g/mol. The summed E-state index contributed by atoms with van der Waals surface area (Å²) in [5.41, 5.74) is 0.581. The number of hydrogen-bond acceptors (Lipinski definition) is 3. The van der Waals surface area contributed by atoms with Crippen molar-refractivity contribution in [3.05, 3.63) is 18.2 Å². The molecule has 1 amide bonds. The van der Waals surface area contributed by atoms with E-state index in [4.69, 9.17) is 0 Å². The number of aromatic amines is 1. The molecular weight excluding hydrogens is 228 g/mol. The minimum Gasteiger partial charge on any atom is -0.341 e. The summed E-state index contributed by atoms with van der Waals surface area (Å²) >= 11 is 0. The molecule has 1 saturated heterocycles. The molecule has 0 radical (unpaired) electrons. The molecule has 0 aliphatic carbocycles. The molecule has 18 heavy (non-hydrogen) atoms. The van der Waals surface area contributed by atoms with Gasteiger partial charge in [-0.05, 0) is 45.7 Å². The van der Waals surface area contributed by atoms with Crippen LogP contribution in [-0.4, -0.2) is 46.5 Å². The van der Waals surface area contributed by atoms with Gasteiger partial charge in [-0.3, -0.25) is 4.79 Å². The first-order valence-electron chi connectivity index (χ1n) is 6.68. The van der Waals surface area contributed by atoms with Crippen LogP contribution in [0.4, 0.5) is 0 Å². The molecule has 1 aliphatic heterocycles. The Morgan fingerprint density at radius 3 is 2.78 bits per heavy atom. The molecule has 5 heteroatoms. The van der Waals surface area contributed by atoms with E-state index in [0.717, 1.165) is 32.5 Å². The van der Waals surface area contributed by atoms with Crippen molar-refractivity contribution in [3.8, 4) is 0 Å². The summed E-state index contributed by atoms with van der Waals surface area (Å²) < 4.78 is 0. The fraction of sp³-hybridized carbons (Fsp3) is 0.692. The maximum atomic E-state index is 12.4. The predicted octanol–water partition coefficient (Wildman–Crippen LogP) is 1.26. The van der Waals surface area contributed by atoms with Crippen LogP contribution in [0.5, 0.6) is 0 Å². The maximum absolute atomic E-state index is 12.4. The van der Waals surface area contributed by atoms with Gasteiger partial charge in [0.1, 0.15) is 5.69 Å². The summed E-state index contributed by atoms with van der Waals surface area (Å²) in [6.07, 6.45) is 5.45. The van der Waals surface area contributed by atoms with Gasteiger partial charge < -0.3 is 15.2 Å². The van der Waals surface area contributed by atoms with Crippen LogP contribution in [-0.2, 0) is 0 Å². The van der Waals surface area contributed by atoms with E-state index in [1.165, 1.54) is 0 Å². The zero-order valence-corrected chi connectivity index (χ0v) is 11.1. The maximum Gasteiger partial charge on any atom is 0.272 e. The fourth-order valence-corrected chi connectivity index (χ4v) is 2.40. The highest BCUT2D eigenvalue weighted by atomic mass is 16.2. The lowest BCUT2D eigenvalue weighted by Crippen LogP contribution is -2.43. The first kappa shape index (κ1) is 13.1. The van der Waals surface area contributed by atoms with E-state index in [9.17, 15) is 4.79 Å². The number of carbonyl (C=O) groups is 1. The summed E-state index contributed by atoms with van der Waals surface area (Å²) in [5, 5.41) is 3.35. The monoisotopic (exact) mass is 250 g/mol. The van der Waals surface area contributed by atoms with Gasteiger partial charge in [0.05, 0.1) is 12.5 Å². The van der Waals surface area contributed by atoms with Crippen molar-refractivity contribution >= 4 is 5.91 Å². The van der Waals surface area contributed by atoms with Gasteiger partial charge in [-0.25, -0.2) is 4.98 Å². The zero-order valence-electron chi connectivity index (χ0n) is 11.1. The first-order valence-corrected chi connectivity index (χ1v) is 6.68. The van der Waals surface area contributed by atoms with Gasteiger partial charge in [-0.2, -0.15) is 0 Å². The van der Waals surface area contributed by atoms with Crippen molar-refractivity contribution in [2.75, 3.05) is 19.6 Å². The van der Waals surface area contributed by atoms with Gasteiger partial charge in [0.15, 0.2) is 0 Å². The minimum atomic E-state index is 0.0565. The van der Waals surface area contributed by atoms with Crippen molar-refractivity contribution in [1.82, 2.24) is 20.2 Å². The molecule has 100 valence electrons. The van der Waals surface area contributed by atoms with Crippen LogP contribution in [0.15, 0.2) is 12.5 Å². The summed E-state index contributed by atoms with van der Waals surface area (Å²) in [6.45, 7) is 7.10. The van der Waals surface area contributed by atoms with Gasteiger partial charge in [-0.15, -0.1) is 0 Å². The zero-order chi connectivity index (χ0) is 13.0. The molecule has 2 heterocycles. The quantitative estimate of drug-likeness (QED) is 0.845. The van der Waals surface area contributed by atoms with Crippen LogP contribution < -0.4 is 5.32 Å². The summed E-state index contributed by atoms with van der Waals surface area (Å²) in [6, 6.07) is 0.218. The van der Waals surface area contributed by atoms with Crippen molar-refractivity contribution in [3.63, 3.8) is 0 Å². The fourth-order valence-electron chi connectivity index (χ4n) is 2.40. The topological polar surface area (TPSA) is 61.0 Å². The Bertz CT molecular complexity index is 368. The number of rotatable bonds is 4. The van der Waals surface area contributed by atoms with Gasteiger partial charge >= 0.3 is 0 Å². The van der Waals surface area contributed by atoms with Gasteiger partial charge in [-0.1, -0.05) is 0 Å². The summed E-state index contributed by atoms with van der Waals surface area (Å²) in [5.74, 6) is 0.668. The molecule has 1 aliphatic rings. The number of imidazole rings is 1. The highest BCUT2D eigenvalue weighted by molar-refractivity contribution is 5.92. The van der Waals surface area contributed by atoms with Crippen molar-refractivity contribution in [2.45, 2.75) is 32.7 Å². The van der Waals surface area contributed by atoms with E-state index in [1.807, 2.05) is 4.90 Å². The molecule has 1 aromatic rings. The molecular formula is C13H22N4O. The number of nitrogens with zero attached hydrogens (tertiary/aromatic N) is 2. The highest BCUT2D eigenvalue weighted by Crippen LogP contribution is 2.16. The van der Waals surface area contributed by atoms with E-state index in [0.29, 0.717) is 11.6 Å². The number of aromatic nitrogens is 2. The molecule has 0 spiro atoms. The predicted molar refractivity (Wildman–Crippen MR) is 70.4 cm³/mol. The lowest BCUT2D eigenvalue weighted by molar-refractivity contribution is 0.0652. The van der Waals surface area contributed by atoms with Crippen LogP contribution in [0.3, 0.4) is 0 Å². The van der Waals surface area contributed by atoms with Crippen LogP contribution in [0.1, 0.15) is 37.2 Å². The SMILES string of the molecule is CC(C)N(CC1CCNCC1)C(=O)c1cnc[nH]1. The molecule has 0 aromatic carbocycles. The Kier molecular flexibility index (Phi) is 4.36. The lowest BCUT2D eigenvalue weighted by Gasteiger charge is -2.32. The standard InChI is InChI=1S/C13H22N4O/c1-10(2)17(8-11-3-5-14-6-4-11)13(18)12-7-15-9-16-12/h7,9-11,14H,3-6,8H2,1-2H3,(H,15,16). The number of hydrogen-bond donors (Lipinski definition) is 2. The molecule has 1 fully saturated rings. The Morgan fingerprint density at radius 1 is 1.50 bits per heavy atom. The third kappa shape index (κ3) is 3.10. The van der Waals surface area contributed by atoms with E-state index in [2.05, 4.69) is 29.1 Å². The van der Waals surface area contributed by atoms with E-state index in [-0.39, 0.29) is 11.9 Å². The molecule has 2 rings (SSSR count). The Hall–Kier alpha value is -1.36. The van der Waals surface area contributed by atoms with Gasteiger partial charge in [0.25, 0.3) is 5.91 Å². The normalized spacial score (nSPS) is 17.1. The molecule has 0 bridgehead atoms. The Balaban J connectivity index is 2.01. The third-order valence-corrected chi connectivity index (χ3v) is 3.53. The van der Waals surface area contributed by atoms with Crippen molar-refractivity contribution < 1.29 is 4.79 Å². The summed E-state index contributed by atoms with van der Waals surface area (Å²) in [7, 11) is 0. The minimum absolute atomic E-state index is 0.0565. The van der Waals surface area contributed by atoms with Gasteiger partial charge in [0, 0.05) is 12.6 Å². The second-order valence-corrected chi connectivity index (χ2v) is 5.21. The number of nitrogens with one attached hydrogen (secondary N) is 2. The van der Waals surface area contributed by atoms with E-state index in [1.54, 1.807) is 12.5 Å². The number of carbonyl (C=O) groups excluding carboxylic acids is 1. The van der Waals surface area contributed by atoms with Crippen LogP contribution in [0, 0.1) is 5.92 Å². The van der Waals surface area contributed by atoms with Crippen molar-refractivity contribution in [2.24, 2.45) is 5.92 Å². The second kappa shape index (κ2) is 6.00. The van der Waals surface area contributed by atoms with Crippen LogP contribution in [0.25, 0.3) is 0 Å². The Labute approximate surface area is 108 Å². The van der Waals surface area contributed by atoms with Crippen LogP contribution in [0.2, 0.25) is 0 Å². The third-order valence-electron chi connectivity index (χ3n) is 3.53. The first-order chi connectivity index (χ1) is 8.68. The number of amides is 1. The molecule has 1 aromatic heterocycles. The van der Waals surface area contributed by atoms with E-state index < -0.39 is 0 Å². The molecule has 2 N–H and O–H groups in total. The largest absolute Gasteiger partial charge is 0.341 e. The van der Waals surface area contributed by atoms with Crippen LogP contribution >= 0.6 is 0 Å². The molecule has 0 atom stereocenters.